The summed E-state index contributed by atoms with van der Waals surface area (Å²) in [5.74, 6) is -2.58. The highest BCUT2D eigenvalue weighted by Crippen LogP contribution is 2.43. The number of aliphatic hydroxyl groups is 1. The minimum absolute atomic E-state index is 0.281. The summed E-state index contributed by atoms with van der Waals surface area (Å²) in [5.41, 5.74) is -5.58. The van der Waals surface area contributed by atoms with Gasteiger partial charge in [0, 0.05) is 3.57 Å². The Morgan fingerprint density at radius 1 is 1.00 bits per heavy atom. The Labute approximate surface area is 139 Å². The number of alkyl halides is 6. The fraction of sp³-hybridized carbons (Fsp3) is 0.417. The first-order valence-electron chi connectivity index (χ1n) is 5.81. The number of benzene rings is 1. The van der Waals surface area contributed by atoms with Crippen LogP contribution < -0.4 is 4.74 Å². The largest absolute Gasteiger partial charge is 0.490 e. The molecule has 130 valence electrons. The first-order valence-corrected chi connectivity index (χ1v) is 6.89. The van der Waals surface area contributed by atoms with Gasteiger partial charge in [0.15, 0.2) is 0 Å². The van der Waals surface area contributed by atoms with Crippen LogP contribution in [0.5, 0.6) is 5.75 Å². The lowest BCUT2D eigenvalue weighted by Crippen LogP contribution is -2.63. The van der Waals surface area contributed by atoms with Gasteiger partial charge in [0.05, 0.1) is 0 Å². The number of halogens is 7. The predicted molar refractivity (Wildman–Crippen MR) is 72.7 cm³/mol. The van der Waals surface area contributed by atoms with Gasteiger partial charge >= 0.3 is 23.9 Å². The van der Waals surface area contributed by atoms with E-state index in [1.165, 1.54) is 12.1 Å². The van der Waals surface area contributed by atoms with Gasteiger partial charge in [-0.1, -0.05) is 0 Å². The van der Waals surface area contributed by atoms with E-state index >= 15 is 0 Å². The Balaban J connectivity index is 2.62. The summed E-state index contributed by atoms with van der Waals surface area (Å²) in [4.78, 5) is 11.0. The van der Waals surface area contributed by atoms with Gasteiger partial charge in [0.1, 0.15) is 19.0 Å². The number of esters is 1. The number of hydrogen-bond acceptors (Lipinski definition) is 4. The molecule has 0 unspecified atom stereocenters. The maximum Gasteiger partial charge on any atom is 0.437 e. The maximum atomic E-state index is 12.4. The van der Waals surface area contributed by atoms with Crippen LogP contribution in [0.1, 0.15) is 0 Å². The highest BCUT2D eigenvalue weighted by molar-refractivity contribution is 14.1. The van der Waals surface area contributed by atoms with Crippen LogP contribution in [0.25, 0.3) is 0 Å². The van der Waals surface area contributed by atoms with Crippen LogP contribution in [0.4, 0.5) is 26.3 Å². The summed E-state index contributed by atoms with van der Waals surface area (Å²) in [6.07, 6.45) is -12.5. The number of carbonyl (C=O) groups is 1. The third-order valence-electron chi connectivity index (χ3n) is 2.51. The second-order valence-corrected chi connectivity index (χ2v) is 5.39. The minimum atomic E-state index is -6.26. The van der Waals surface area contributed by atoms with Crippen LogP contribution in [-0.2, 0) is 9.53 Å². The van der Waals surface area contributed by atoms with Crippen LogP contribution in [0.3, 0.4) is 0 Å². The SMILES string of the molecule is O=C(OCCOc1ccc(I)cc1)C(O)(C(F)(F)F)C(F)(F)F. The molecule has 0 radical (unpaired) electrons. The van der Waals surface area contributed by atoms with E-state index in [0.717, 1.165) is 3.57 Å². The van der Waals surface area contributed by atoms with Crippen molar-refractivity contribution in [3.63, 3.8) is 0 Å². The van der Waals surface area contributed by atoms with Crippen molar-refractivity contribution in [1.29, 1.82) is 0 Å². The van der Waals surface area contributed by atoms with Gasteiger partial charge in [-0.15, -0.1) is 0 Å². The van der Waals surface area contributed by atoms with E-state index in [1.54, 1.807) is 12.1 Å². The van der Waals surface area contributed by atoms with Crippen LogP contribution in [0.2, 0.25) is 0 Å². The molecule has 1 N–H and O–H groups in total. The summed E-state index contributed by atoms with van der Waals surface area (Å²) >= 11 is 2.01. The van der Waals surface area contributed by atoms with Crippen molar-refractivity contribution < 1.29 is 45.7 Å². The molecule has 0 saturated heterocycles. The molecule has 0 amide bonds. The molecular formula is C12H9F6IO4. The first kappa shape index (κ1) is 19.8. The van der Waals surface area contributed by atoms with E-state index in [9.17, 15) is 31.1 Å². The summed E-state index contributed by atoms with van der Waals surface area (Å²) in [7, 11) is 0. The molecule has 0 heterocycles. The number of rotatable bonds is 5. The van der Waals surface area contributed by atoms with Crippen LogP contribution in [0, 0.1) is 3.57 Å². The molecule has 0 aliphatic carbocycles. The fourth-order valence-corrected chi connectivity index (χ4v) is 1.68. The van der Waals surface area contributed by atoms with Gasteiger partial charge < -0.3 is 14.6 Å². The zero-order valence-electron chi connectivity index (χ0n) is 11.0. The molecule has 0 saturated carbocycles. The van der Waals surface area contributed by atoms with Crippen molar-refractivity contribution in [3.8, 4) is 5.75 Å². The van der Waals surface area contributed by atoms with Crippen LogP contribution in [-0.4, -0.2) is 42.2 Å². The third-order valence-corrected chi connectivity index (χ3v) is 3.23. The van der Waals surface area contributed by atoms with E-state index < -0.39 is 37.1 Å². The average molecular weight is 458 g/mol. The molecule has 0 aromatic heterocycles. The Hall–Kier alpha value is -1.24. The van der Waals surface area contributed by atoms with Crippen LogP contribution in [0.15, 0.2) is 24.3 Å². The van der Waals surface area contributed by atoms with Gasteiger partial charge in [0.25, 0.3) is 0 Å². The third kappa shape index (κ3) is 4.62. The van der Waals surface area contributed by atoms with Crippen LogP contribution >= 0.6 is 22.6 Å². The molecule has 11 heteroatoms. The van der Waals surface area contributed by atoms with Crippen molar-refractivity contribution in [3.05, 3.63) is 27.8 Å². The van der Waals surface area contributed by atoms with Crippen molar-refractivity contribution in [2.45, 2.75) is 18.0 Å². The molecule has 0 fully saturated rings. The van der Waals surface area contributed by atoms with E-state index in [-0.39, 0.29) is 5.75 Å². The Kier molecular flexibility index (Phi) is 6.12. The normalized spacial score (nSPS) is 12.9. The zero-order valence-corrected chi connectivity index (χ0v) is 13.2. The molecule has 0 spiro atoms. The Bertz CT molecular complexity index is 526. The fourth-order valence-electron chi connectivity index (χ4n) is 1.32. The lowest BCUT2D eigenvalue weighted by atomic mass is 10.0. The number of hydrogen-bond donors (Lipinski definition) is 1. The lowest BCUT2D eigenvalue weighted by molar-refractivity contribution is -0.357. The first-order chi connectivity index (χ1) is 10.4. The molecule has 1 aromatic rings. The molecule has 23 heavy (non-hydrogen) atoms. The number of ether oxygens (including phenoxy) is 2. The molecular weight excluding hydrogens is 449 g/mol. The van der Waals surface area contributed by atoms with Crippen molar-refractivity contribution in [1.82, 2.24) is 0 Å². The smallest absolute Gasteiger partial charge is 0.437 e. The minimum Gasteiger partial charge on any atom is -0.490 e. The second-order valence-electron chi connectivity index (χ2n) is 4.14. The summed E-state index contributed by atoms with van der Waals surface area (Å²) in [6, 6.07) is 6.30. The molecule has 0 aliphatic heterocycles. The van der Waals surface area contributed by atoms with E-state index in [4.69, 9.17) is 9.84 Å². The number of carbonyl (C=O) groups excluding carboxylic acids is 1. The summed E-state index contributed by atoms with van der Waals surface area (Å²) in [6.45, 7) is -1.39. The van der Waals surface area contributed by atoms with E-state index in [1.807, 2.05) is 22.6 Å². The summed E-state index contributed by atoms with van der Waals surface area (Å²) in [5, 5.41) is 8.73. The van der Waals surface area contributed by atoms with Gasteiger partial charge in [0.2, 0.25) is 0 Å². The highest BCUT2D eigenvalue weighted by atomic mass is 127. The van der Waals surface area contributed by atoms with Gasteiger partial charge in [-0.05, 0) is 46.9 Å². The topological polar surface area (TPSA) is 55.8 Å². The Morgan fingerprint density at radius 2 is 1.48 bits per heavy atom. The predicted octanol–water partition coefficient (Wildman–Crippen LogP) is 3.07. The van der Waals surface area contributed by atoms with E-state index in [0.29, 0.717) is 0 Å². The molecule has 1 aromatic carbocycles. The van der Waals surface area contributed by atoms with Crippen molar-refractivity contribution in [2.24, 2.45) is 0 Å². The molecule has 1 rings (SSSR count). The standard InChI is InChI=1S/C12H9F6IO4/c13-11(14,15)10(21,12(16,17)18)9(20)23-6-5-22-8-3-1-7(19)2-4-8/h1-4,21H,5-6H2. The highest BCUT2D eigenvalue weighted by Gasteiger charge is 2.76. The van der Waals surface area contributed by atoms with Crippen molar-refractivity contribution >= 4 is 28.6 Å². The summed E-state index contributed by atoms with van der Waals surface area (Å²) < 4.78 is 83.9. The Morgan fingerprint density at radius 3 is 1.91 bits per heavy atom. The van der Waals surface area contributed by atoms with Gasteiger partial charge in [-0.25, -0.2) is 4.79 Å². The maximum absolute atomic E-state index is 12.4. The molecule has 0 atom stereocenters. The van der Waals surface area contributed by atoms with Gasteiger partial charge in [-0.2, -0.15) is 26.3 Å². The molecule has 0 aliphatic rings. The molecule has 4 nitrogen and oxygen atoms in total. The van der Waals surface area contributed by atoms with E-state index in [2.05, 4.69) is 4.74 Å². The van der Waals surface area contributed by atoms with Gasteiger partial charge in [-0.3, -0.25) is 0 Å². The monoisotopic (exact) mass is 458 g/mol. The quantitative estimate of drug-likeness (QED) is 0.319. The zero-order chi connectivity index (χ0) is 17.9. The lowest BCUT2D eigenvalue weighted by Gasteiger charge is -2.29. The van der Waals surface area contributed by atoms with Crippen molar-refractivity contribution in [2.75, 3.05) is 13.2 Å². The average Bonchev–Trinajstić information content (AvgIpc) is 2.41. The second kappa shape index (κ2) is 7.11. The molecule has 0 bridgehead atoms.